The fourth-order valence-electron chi connectivity index (χ4n) is 2.22. The molecule has 0 fully saturated rings. The highest BCUT2D eigenvalue weighted by Gasteiger charge is 2.27. The molecular formula is C14H22N2O3. The number of hydrogen-bond donors (Lipinski definition) is 2. The topological polar surface area (TPSA) is 71.3 Å². The Labute approximate surface area is 113 Å². The van der Waals surface area contributed by atoms with Crippen molar-refractivity contribution in [3.05, 3.63) is 24.0 Å². The number of carbonyl (C=O) groups excluding carboxylic acids is 1. The normalized spacial score (nSPS) is 11.3. The molecule has 5 nitrogen and oxygen atoms in total. The lowest BCUT2D eigenvalue weighted by atomic mass is 9.89. The Morgan fingerprint density at radius 3 is 2.32 bits per heavy atom. The minimum absolute atomic E-state index is 0.201. The van der Waals surface area contributed by atoms with E-state index < -0.39 is 5.97 Å². The minimum atomic E-state index is -0.960. The smallest absolute Gasteiger partial charge is 0.323 e. The quantitative estimate of drug-likeness (QED) is 0.795. The Morgan fingerprint density at radius 1 is 1.26 bits per heavy atom. The number of carboxylic acid groups (broad SMARTS) is 1. The fraction of sp³-hybridized carbons (Fsp3) is 0.571. The van der Waals surface area contributed by atoms with Crippen LogP contribution < -0.4 is 5.32 Å². The highest BCUT2D eigenvalue weighted by Crippen LogP contribution is 2.20. The molecule has 0 aromatic carbocycles. The van der Waals surface area contributed by atoms with Gasteiger partial charge in [-0.25, -0.2) is 0 Å². The summed E-state index contributed by atoms with van der Waals surface area (Å²) in [5, 5.41) is 11.9. The first-order chi connectivity index (χ1) is 8.98. The lowest BCUT2D eigenvalue weighted by Crippen LogP contribution is -2.47. The van der Waals surface area contributed by atoms with Crippen molar-refractivity contribution in [3.63, 3.8) is 0 Å². The van der Waals surface area contributed by atoms with E-state index in [1.165, 1.54) is 4.57 Å². The molecular weight excluding hydrogens is 244 g/mol. The summed E-state index contributed by atoms with van der Waals surface area (Å²) in [4.78, 5) is 23.0. The molecule has 0 saturated heterocycles. The molecule has 19 heavy (non-hydrogen) atoms. The predicted molar refractivity (Wildman–Crippen MR) is 73.1 cm³/mol. The molecule has 106 valence electrons. The van der Waals surface area contributed by atoms with E-state index in [1.54, 1.807) is 18.3 Å². The van der Waals surface area contributed by atoms with Crippen LogP contribution in [0.4, 0.5) is 0 Å². The van der Waals surface area contributed by atoms with Crippen molar-refractivity contribution in [2.75, 3.05) is 0 Å². The maximum Gasteiger partial charge on any atom is 0.323 e. The molecule has 5 heteroatoms. The van der Waals surface area contributed by atoms with Crippen LogP contribution in [0, 0.1) is 0 Å². The second-order valence-electron chi connectivity index (χ2n) is 4.71. The van der Waals surface area contributed by atoms with E-state index in [1.807, 2.05) is 20.8 Å². The van der Waals surface area contributed by atoms with Gasteiger partial charge in [0.1, 0.15) is 12.2 Å². The Hall–Kier alpha value is -1.78. The summed E-state index contributed by atoms with van der Waals surface area (Å²) in [5.41, 5.74) is 0.178. The van der Waals surface area contributed by atoms with Crippen molar-refractivity contribution in [3.8, 4) is 0 Å². The van der Waals surface area contributed by atoms with Gasteiger partial charge in [0.05, 0.1) is 0 Å². The van der Waals surface area contributed by atoms with Gasteiger partial charge in [-0.3, -0.25) is 9.59 Å². The number of nitrogens with one attached hydrogen (secondary N) is 1. The van der Waals surface area contributed by atoms with Gasteiger partial charge < -0.3 is 15.0 Å². The van der Waals surface area contributed by atoms with Gasteiger partial charge in [0.15, 0.2) is 0 Å². The van der Waals surface area contributed by atoms with E-state index in [4.69, 9.17) is 5.11 Å². The summed E-state index contributed by atoms with van der Waals surface area (Å²) in [6.07, 6.45) is 4.16. The van der Waals surface area contributed by atoms with E-state index in [0.717, 1.165) is 19.3 Å². The summed E-state index contributed by atoms with van der Waals surface area (Å²) in [7, 11) is 0. The first kappa shape index (κ1) is 15.3. The summed E-state index contributed by atoms with van der Waals surface area (Å²) < 4.78 is 1.45. The first-order valence-electron chi connectivity index (χ1n) is 6.67. The Balaban J connectivity index is 2.89. The van der Waals surface area contributed by atoms with Crippen LogP contribution in [0.2, 0.25) is 0 Å². The first-order valence-corrected chi connectivity index (χ1v) is 6.67. The van der Waals surface area contributed by atoms with Gasteiger partial charge in [-0.1, -0.05) is 20.8 Å². The number of rotatable bonds is 7. The Kier molecular flexibility index (Phi) is 5.15. The van der Waals surface area contributed by atoms with Gasteiger partial charge in [-0.05, 0) is 31.4 Å². The van der Waals surface area contributed by atoms with E-state index in [9.17, 15) is 9.59 Å². The maximum absolute atomic E-state index is 12.3. The molecule has 2 N–H and O–H groups in total. The molecule has 1 heterocycles. The minimum Gasteiger partial charge on any atom is -0.480 e. The summed E-state index contributed by atoms with van der Waals surface area (Å²) in [6, 6.07) is 3.33. The molecule has 0 aliphatic carbocycles. The molecule has 1 aromatic rings. The molecule has 0 aliphatic rings. The SMILES string of the molecule is CCC(CC)(CC)NC(=O)c1cccn1CC(=O)O. The summed E-state index contributed by atoms with van der Waals surface area (Å²) >= 11 is 0. The lowest BCUT2D eigenvalue weighted by Gasteiger charge is -2.31. The van der Waals surface area contributed by atoms with Crippen LogP contribution in [-0.2, 0) is 11.3 Å². The number of nitrogens with zero attached hydrogens (tertiary/aromatic N) is 1. The number of aliphatic carboxylic acids is 1. The van der Waals surface area contributed by atoms with E-state index in [-0.39, 0.29) is 18.0 Å². The van der Waals surface area contributed by atoms with Gasteiger partial charge in [0.2, 0.25) is 0 Å². The molecule has 0 aliphatic heterocycles. The van der Waals surface area contributed by atoms with E-state index in [0.29, 0.717) is 5.69 Å². The monoisotopic (exact) mass is 266 g/mol. The number of carbonyl (C=O) groups is 2. The summed E-state index contributed by atoms with van der Waals surface area (Å²) in [6.45, 7) is 5.93. The van der Waals surface area contributed by atoms with Gasteiger partial charge in [0, 0.05) is 11.7 Å². The predicted octanol–water partition coefficient (Wildman–Crippen LogP) is 2.27. The third-order valence-electron chi connectivity index (χ3n) is 3.78. The van der Waals surface area contributed by atoms with Crippen LogP contribution >= 0.6 is 0 Å². The highest BCUT2D eigenvalue weighted by atomic mass is 16.4. The fourth-order valence-corrected chi connectivity index (χ4v) is 2.22. The highest BCUT2D eigenvalue weighted by molar-refractivity contribution is 5.93. The molecule has 0 unspecified atom stereocenters. The van der Waals surface area contributed by atoms with Crippen LogP contribution in [0.3, 0.4) is 0 Å². The number of amides is 1. The molecule has 1 aromatic heterocycles. The van der Waals surface area contributed by atoms with Gasteiger partial charge >= 0.3 is 5.97 Å². The standard InChI is InChI=1S/C14H22N2O3/c1-4-14(5-2,6-3)15-13(19)11-8-7-9-16(11)10-12(17)18/h7-9H,4-6,10H2,1-3H3,(H,15,19)(H,17,18). The molecule has 0 atom stereocenters. The van der Waals surface area contributed by atoms with Crippen molar-refractivity contribution in [1.82, 2.24) is 9.88 Å². The number of carboxylic acids is 1. The van der Waals surface area contributed by atoms with Crippen molar-refractivity contribution in [1.29, 1.82) is 0 Å². The van der Waals surface area contributed by atoms with E-state index >= 15 is 0 Å². The lowest BCUT2D eigenvalue weighted by molar-refractivity contribution is -0.137. The third kappa shape index (κ3) is 3.59. The number of hydrogen-bond acceptors (Lipinski definition) is 2. The van der Waals surface area contributed by atoms with E-state index in [2.05, 4.69) is 5.32 Å². The second kappa shape index (κ2) is 6.41. The van der Waals surface area contributed by atoms with Crippen molar-refractivity contribution >= 4 is 11.9 Å². The van der Waals surface area contributed by atoms with Crippen molar-refractivity contribution < 1.29 is 14.7 Å². The average Bonchev–Trinajstić information content (AvgIpc) is 2.83. The molecule has 0 spiro atoms. The molecule has 0 radical (unpaired) electrons. The largest absolute Gasteiger partial charge is 0.480 e. The third-order valence-corrected chi connectivity index (χ3v) is 3.78. The van der Waals surface area contributed by atoms with Crippen LogP contribution in [-0.4, -0.2) is 27.1 Å². The molecule has 1 amide bonds. The van der Waals surface area contributed by atoms with Gasteiger partial charge in [-0.15, -0.1) is 0 Å². The zero-order valence-corrected chi connectivity index (χ0v) is 11.8. The van der Waals surface area contributed by atoms with Crippen LogP contribution in [0.5, 0.6) is 0 Å². The molecule has 0 saturated carbocycles. The zero-order valence-electron chi connectivity index (χ0n) is 11.8. The second-order valence-corrected chi connectivity index (χ2v) is 4.71. The maximum atomic E-state index is 12.3. The molecule has 1 rings (SSSR count). The van der Waals surface area contributed by atoms with Crippen LogP contribution in [0.25, 0.3) is 0 Å². The van der Waals surface area contributed by atoms with Crippen LogP contribution in [0.15, 0.2) is 18.3 Å². The van der Waals surface area contributed by atoms with Crippen molar-refractivity contribution in [2.45, 2.75) is 52.1 Å². The Morgan fingerprint density at radius 2 is 1.84 bits per heavy atom. The number of aromatic nitrogens is 1. The zero-order chi connectivity index (χ0) is 14.5. The Bertz CT molecular complexity index is 439. The van der Waals surface area contributed by atoms with Gasteiger partial charge in [0.25, 0.3) is 5.91 Å². The van der Waals surface area contributed by atoms with Crippen LogP contribution in [0.1, 0.15) is 50.5 Å². The molecule has 0 bridgehead atoms. The summed E-state index contributed by atoms with van der Waals surface area (Å²) in [5.74, 6) is -1.17. The average molecular weight is 266 g/mol. The van der Waals surface area contributed by atoms with Gasteiger partial charge in [-0.2, -0.15) is 0 Å². The van der Waals surface area contributed by atoms with Crippen molar-refractivity contribution in [2.24, 2.45) is 0 Å².